The van der Waals surface area contributed by atoms with Crippen LogP contribution in [0.1, 0.15) is 5.89 Å². The molecule has 0 aliphatic carbocycles. The number of carbonyl (C=O) groups excluding carboxylic acids is 1. The van der Waals surface area contributed by atoms with E-state index in [0.29, 0.717) is 29.2 Å². The molecular weight excluding hydrogens is 416 g/mol. The van der Waals surface area contributed by atoms with Crippen molar-refractivity contribution >= 4 is 28.5 Å². The van der Waals surface area contributed by atoms with Crippen molar-refractivity contribution in [1.82, 2.24) is 21.0 Å². The number of hydrazine groups is 1. The van der Waals surface area contributed by atoms with Crippen LogP contribution in [-0.2, 0) is 10.5 Å². The van der Waals surface area contributed by atoms with Crippen molar-refractivity contribution in [3.05, 3.63) is 60.5 Å². The lowest BCUT2D eigenvalue weighted by atomic mass is 10.1. The van der Waals surface area contributed by atoms with Gasteiger partial charge in [-0.25, -0.2) is 10.4 Å². The number of aliphatic imine (C=N–C) groups is 1. The number of ether oxygens (including phenoxy) is 1. The molecule has 31 heavy (non-hydrogen) atoms. The first kappa shape index (κ1) is 19.7. The number of hydrogen-bond acceptors (Lipinski definition) is 9. The van der Waals surface area contributed by atoms with Crippen molar-refractivity contribution in [2.45, 2.75) is 11.9 Å². The van der Waals surface area contributed by atoms with E-state index in [2.05, 4.69) is 21.0 Å². The fourth-order valence-corrected chi connectivity index (χ4v) is 4.36. The Morgan fingerprint density at radius 3 is 2.77 bits per heavy atom. The highest BCUT2D eigenvalue weighted by atomic mass is 32.2. The molecule has 0 spiro atoms. The van der Waals surface area contributed by atoms with Crippen LogP contribution in [0, 0.1) is 5.92 Å². The summed E-state index contributed by atoms with van der Waals surface area (Å²) in [5.41, 5.74) is 7.71. The van der Waals surface area contributed by atoms with Gasteiger partial charge in [-0.1, -0.05) is 35.1 Å². The summed E-state index contributed by atoms with van der Waals surface area (Å²) in [6.07, 6.45) is -0.285. The molecule has 5 rings (SSSR count). The topological polar surface area (TPSA) is 105 Å². The normalized spacial score (nSPS) is 20.5. The third-order valence-electron chi connectivity index (χ3n) is 5.09. The minimum absolute atomic E-state index is 0.00986. The lowest BCUT2D eigenvalue weighted by Crippen LogP contribution is -2.49. The Morgan fingerprint density at radius 1 is 1.19 bits per heavy atom. The summed E-state index contributed by atoms with van der Waals surface area (Å²) in [6.45, 7) is 0.545. The van der Waals surface area contributed by atoms with E-state index < -0.39 is 0 Å². The van der Waals surface area contributed by atoms with Gasteiger partial charge in [0.25, 0.3) is 0 Å². The zero-order chi connectivity index (χ0) is 21.2. The fraction of sp³-hybridized carbons (Fsp3) is 0.238. The van der Waals surface area contributed by atoms with Gasteiger partial charge in [0.1, 0.15) is 11.9 Å². The van der Waals surface area contributed by atoms with Crippen LogP contribution < -0.4 is 20.5 Å². The van der Waals surface area contributed by atoms with Gasteiger partial charge in [-0.2, -0.15) is 4.98 Å². The van der Waals surface area contributed by atoms with Crippen LogP contribution in [-0.4, -0.2) is 41.0 Å². The zero-order valence-corrected chi connectivity index (χ0v) is 17.5. The monoisotopic (exact) mass is 436 g/mol. The predicted octanol–water partition coefficient (Wildman–Crippen LogP) is 2.43. The van der Waals surface area contributed by atoms with Crippen molar-refractivity contribution in [3.8, 4) is 17.1 Å². The molecule has 158 valence electrons. The number of carbonyl (C=O) groups is 1. The van der Waals surface area contributed by atoms with Gasteiger partial charge in [-0.3, -0.25) is 15.1 Å². The Bertz CT molecular complexity index is 1100. The molecular formula is C21H20N6O3S. The van der Waals surface area contributed by atoms with E-state index in [1.54, 1.807) is 12.0 Å². The highest BCUT2D eigenvalue weighted by Gasteiger charge is 2.42. The maximum atomic E-state index is 13.2. The van der Waals surface area contributed by atoms with Gasteiger partial charge in [0, 0.05) is 12.1 Å². The third kappa shape index (κ3) is 3.92. The number of hydrogen-bond donors (Lipinski definition) is 2. The van der Waals surface area contributed by atoms with E-state index >= 15 is 0 Å². The summed E-state index contributed by atoms with van der Waals surface area (Å²) >= 11 is 1.39. The number of anilines is 1. The summed E-state index contributed by atoms with van der Waals surface area (Å²) in [5, 5.41) is 4.66. The van der Waals surface area contributed by atoms with Crippen molar-refractivity contribution in [3.63, 3.8) is 0 Å². The minimum Gasteiger partial charge on any atom is -0.497 e. The van der Waals surface area contributed by atoms with E-state index in [1.807, 2.05) is 54.6 Å². The number of nitrogens with one attached hydrogen (secondary N) is 2. The maximum absolute atomic E-state index is 13.2. The molecule has 1 fully saturated rings. The molecule has 10 heteroatoms. The Labute approximate surface area is 182 Å². The molecule has 0 radical (unpaired) electrons. The number of aromatic nitrogens is 2. The predicted molar refractivity (Wildman–Crippen MR) is 117 cm³/mol. The van der Waals surface area contributed by atoms with Crippen LogP contribution in [0.2, 0.25) is 0 Å². The smallest absolute Gasteiger partial charge is 0.241 e. The first-order valence-corrected chi connectivity index (χ1v) is 10.8. The molecule has 3 heterocycles. The van der Waals surface area contributed by atoms with Gasteiger partial charge < -0.3 is 9.26 Å². The zero-order valence-electron chi connectivity index (χ0n) is 16.7. The van der Waals surface area contributed by atoms with E-state index in [-0.39, 0.29) is 18.0 Å². The molecule has 1 saturated heterocycles. The SMILES string of the molecule is COc1ccc(-c2noc(CSC3=NC4NNCC4C(=O)N3c3ccccc3)n2)cc1. The maximum Gasteiger partial charge on any atom is 0.241 e. The number of amidine groups is 1. The molecule has 2 atom stereocenters. The molecule has 2 aliphatic heterocycles. The second-order valence-corrected chi connectivity index (χ2v) is 7.97. The second-order valence-electron chi connectivity index (χ2n) is 7.03. The van der Waals surface area contributed by atoms with Crippen molar-refractivity contribution < 1.29 is 14.1 Å². The summed E-state index contributed by atoms with van der Waals surface area (Å²) in [4.78, 5) is 24.1. The average molecular weight is 436 g/mol. The van der Waals surface area contributed by atoms with Gasteiger partial charge >= 0.3 is 0 Å². The first-order valence-electron chi connectivity index (χ1n) is 9.78. The van der Waals surface area contributed by atoms with Crippen LogP contribution in [0.5, 0.6) is 5.75 Å². The van der Waals surface area contributed by atoms with Crippen molar-refractivity contribution in [1.29, 1.82) is 0 Å². The van der Waals surface area contributed by atoms with E-state index in [0.717, 1.165) is 17.0 Å². The highest BCUT2D eigenvalue weighted by Crippen LogP contribution is 2.30. The minimum atomic E-state index is -0.285. The fourth-order valence-electron chi connectivity index (χ4n) is 3.48. The highest BCUT2D eigenvalue weighted by molar-refractivity contribution is 8.13. The molecule has 2 aliphatic rings. The van der Waals surface area contributed by atoms with Crippen LogP contribution in [0.25, 0.3) is 11.4 Å². The Morgan fingerprint density at radius 2 is 2.00 bits per heavy atom. The average Bonchev–Trinajstić information content (AvgIpc) is 3.48. The van der Waals surface area contributed by atoms with Crippen LogP contribution in [0.15, 0.2) is 64.1 Å². The number of nitrogens with zero attached hydrogens (tertiary/aromatic N) is 4. The van der Waals surface area contributed by atoms with E-state index in [9.17, 15) is 4.79 Å². The standard InChI is InChI=1S/C21H20N6O3S/c1-29-15-9-7-13(8-10-15)18-23-17(30-26-18)12-31-21-24-19-16(11-22-25-19)20(28)27(21)14-5-3-2-4-6-14/h2-10,16,19,22,25H,11-12H2,1H3. The van der Waals surface area contributed by atoms with Gasteiger partial charge in [-0.05, 0) is 36.4 Å². The van der Waals surface area contributed by atoms with E-state index in [4.69, 9.17) is 14.3 Å². The van der Waals surface area contributed by atoms with E-state index in [1.165, 1.54) is 11.8 Å². The molecule has 2 unspecified atom stereocenters. The lowest BCUT2D eigenvalue weighted by molar-refractivity contribution is -0.121. The molecule has 1 aromatic heterocycles. The number of benzene rings is 2. The summed E-state index contributed by atoms with van der Waals surface area (Å²) < 4.78 is 10.6. The van der Waals surface area contributed by atoms with Gasteiger partial charge in [0.2, 0.25) is 17.6 Å². The summed E-state index contributed by atoms with van der Waals surface area (Å²) in [5.74, 6) is 1.88. The van der Waals surface area contributed by atoms with Crippen LogP contribution in [0.4, 0.5) is 5.69 Å². The molecule has 2 N–H and O–H groups in total. The summed E-state index contributed by atoms with van der Waals surface area (Å²) in [7, 11) is 1.62. The Hall–Kier alpha value is -3.21. The number of amides is 1. The molecule has 0 bridgehead atoms. The largest absolute Gasteiger partial charge is 0.497 e. The number of rotatable bonds is 5. The van der Waals surface area contributed by atoms with Gasteiger partial charge in [-0.15, -0.1) is 0 Å². The molecule has 9 nitrogen and oxygen atoms in total. The van der Waals surface area contributed by atoms with Gasteiger partial charge in [0.15, 0.2) is 5.17 Å². The number of fused-ring (bicyclic) bond motifs is 1. The molecule has 1 amide bonds. The molecule has 2 aromatic carbocycles. The quantitative estimate of drug-likeness (QED) is 0.628. The van der Waals surface area contributed by atoms with Crippen molar-refractivity contribution in [2.75, 3.05) is 18.6 Å². The van der Waals surface area contributed by atoms with Crippen LogP contribution in [0.3, 0.4) is 0 Å². The molecule has 0 saturated carbocycles. The Balaban J connectivity index is 1.35. The number of methoxy groups -OCH3 is 1. The molecule has 3 aromatic rings. The van der Waals surface area contributed by atoms with Gasteiger partial charge in [0.05, 0.1) is 24.5 Å². The third-order valence-corrected chi connectivity index (χ3v) is 6.02. The second kappa shape index (κ2) is 8.50. The summed E-state index contributed by atoms with van der Waals surface area (Å²) in [6, 6.07) is 17.0. The number of thioether (sulfide) groups is 1. The number of para-hydroxylation sites is 1. The van der Waals surface area contributed by atoms with Crippen molar-refractivity contribution in [2.24, 2.45) is 10.9 Å². The lowest BCUT2D eigenvalue weighted by Gasteiger charge is -2.32. The Kier molecular flexibility index (Phi) is 5.41. The van der Waals surface area contributed by atoms with Crippen LogP contribution >= 0.6 is 11.8 Å². The first-order chi connectivity index (χ1) is 15.2.